The van der Waals surface area contributed by atoms with Crippen LogP contribution in [0.3, 0.4) is 0 Å². The predicted molar refractivity (Wildman–Crippen MR) is 140 cm³/mol. The Morgan fingerprint density at radius 2 is 1.51 bits per heavy atom. The van der Waals surface area contributed by atoms with Gasteiger partial charge in [-0.2, -0.15) is 0 Å². The van der Waals surface area contributed by atoms with Crippen LogP contribution in [-0.4, -0.2) is 24.3 Å². The summed E-state index contributed by atoms with van der Waals surface area (Å²) in [7, 11) is 1.43. The van der Waals surface area contributed by atoms with Gasteiger partial charge in [-0.1, -0.05) is 84.0 Å². The summed E-state index contributed by atoms with van der Waals surface area (Å²) in [6, 6.07) is 25.4. The molecule has 1 N–H and O–H groups in total. The van der Waals surface area contributed by atoms with Crippen LogP contribution in [0.15, 0.2) is 83.4 Å². The van der Waals surface area contributed by atoms with Crippen LogP contribution < -0.4 is 5.32 Å². The van der Waals surface area contributed by atoms with Gasteiger partial charge in [-0.15, -0.1) is 0 Å². The summed E-state index contributed by atoms with van der Waals surface area (Å²) >= 11 is 0. The normalized spacial score (nSPS) is 14.5. The summed E-state index contributed by atoms with van der Waals surface area (Å²) in [5.74, 6) is 0.284. The van der Waals surface area contributed by atoms with Crippen LogP contribution in [-0.2, 0) is 19.7 Å². The fourth-order valence-corrected chi connectivity index (χ4v) is 4.52. The van der Waals surface area contributed by atoms with Gasteiger partial charge in [0.1, 0.15) is 17.5 Å². The molecule has 1 saturated carbocycles. The van der Waals surface area contributed by atoms with Gasteiger partial charge in [0.25, 0.3) is 0 Å². The smallest absolute Gasteiger partial charge is 0.412 e. The van der Waals surface area contributed by atoms with Gasteiger partial charge in [0.15, 0.2) is 5.76 Å². The molecule has 1 amide bonds. The molecule has 1 atom stereocenters. The zero-order valence-electron chi connectivity index (χ0n) is 21.0. The van der Waals surface area contributed by atoms with Crippen molar-refractivity contribution in [3.8, 4) is 22.5 Å². The number of nitrogens with one attached hydrogen (secondary N) is 1. The van der Waals surface area contributed by atoms with E-state index in [1.807, 2.05) is 85.8 Å². The molecule has 1 aromatic heterocycles. The molecule has 7 heteroatoms. The molecule has 0 radical (unpaired) electrons. The highest BCUT2D eigenvalue weighted by atomic mass is 16.6. The number of ether oxygens (including phenoxy) is 2. The second-order valence-corrected chi connectivity index (χ2v) is 9.28. The predicted octanol–water partition coefficient (Wildman–Crippen LogP) is 6.83. The van der Waals surface area contributed by atoms with E-state index in [1.165, 1.54) is 7.11 Å². The molecule has 7 nitrogen and oxygen atoms in total. The van der Waals surface area contributed by atoms with Gasteiger partial charge >= 0.3 is 12.1 Å². The standard InChI is InChI=1S/C30H28N2O5/c1-19-26(31-29(34)36-20(2)21-7-5-4-6-8-21)27(37-32-19)24-11-9-22(10-12-24)23-13-15-25(16-14-23)30(17-18-30)28(33)35-3/h4-16,20H,17-18H2,1-3H3,(H,31,34)/t20-/m1/s1. The van der Waals surface area contributed by atoms with E-state index in [9.17, 15) is 9.59 Å². The van der Waals surface area contributed by atoms with Crippen LogP contribution in [0.4, 0.5) is 10.5 Å². The van der Waals surface area contributed by atoms with Crippen LogP contribution in [0, 0.1) is 6.92 Å². The highest BCUT2D eigenvalue weighted by Gasteiger charge is 2.52. The van der Waals surface area contributed by atoms with Crippen LogP contribution in [0.1, 0.15) is 42.7 Å². The van der Waals surface area contributed by atoms with Crippen LogP contribution in [0.5, 0.6) is 0 Å². The summed E-state index contributed by atoms with van der Waals surface area (Å²) in [4.78, 5) is 24.8. The second-order valence-electron chi connectivity index (χ2n) is 9.28. The molecule has 1 aliphatic carbocycles. The third-order valence-electron chi connectivity index (χ3n) is 6.89. The summed E-state index contributed by atoms with van der Waals surface area (Å²) in [6.07, 6.45) is 0.651. The van der Waals surface area contributed by atoms with Gasteiger partial charge in [-0.3, -0.25) is 10.1 Å². The molecule has 5 rings (SSSR count). The average molecular weight is 497 g/mol. The highest BCUT2D eigenvalue weighted by molar-refractivity contribution is 5.91. The zero-order chi connectivity index (χ0) is 26.0. The van der Waals surface area contributed by atoms with Crippen molar-refractivity contribution >= 4 is 17.7 Å². The molecule has 0 spiro atoms. The fourth-order valence-electron chi connectivity index (χ4n) is 4.52. The number of carbonyl (C=O) groups is 2. The Labute approximate surface area is 215 Å². The molecule has 4 aromatic rings. The van der Waals surface area contributed by atoms with Gasteiger partial charge in [-0.25, -0.2) is 4.79 Å². The number of rotatable bonds is 7. The van der Waals surface area contributed by atoms with Crippen molar-refractivity contribution in [3.63, 3.8) is 0 Å². The number of hydrogen-bond donors (Lipinski definition) is 1. The van der Waals surface area contributed by atoms with E-state index in [4.69, 9.17) is 14.0 Å². The topological polar surface area (TPSA) is 90.7 Å². The lowest BCUT2D eigenvalue weighted by molar-refractivity contribution is -0.143. The number of hydrogen-bond acceptors (Lipinski definition) is 6. The van der Waals surface area contributed by atoms with Gasteiger partial charge in [0, 0.05) is 5.56 Å². The molecule has 1 heterocycles. The van der Waals surface area contributed by atoms with E-state index < -0.39 is 17.6 Å². The van der Waals surface area contributed by atoms with Crippen molar-refractivity contribution < 1.29 is 23.6 Å². The Balaban J connectivity index is 1.30. The second kappa shape index (κ2) is 9.93. The first-order valence-corrected chi connectivity index (χ1v) is 12.2. The van der Waals surface area contributed by atoms with Crippen molar-refractivity contribution in [1.82, 2.24) is 5.16 Å². The van der Waals surface area contributed by atoms with Gasteiger partial charge in [-0.05, 0) is 48.9 Å². The first kappa shape index (κ1) is 24.3. The molecule has 1 fully saturated rings. The first-order valence-electron chi connectivity index (χ1n) is 12.2. The number of esters is 1. The molecule has 0 bridgehead atoms. The molecule has 188 valence electrons. The fraction of sp³-hybridized carbons (Fsp3) is 0.233. The van der Waals surface area contributed by atoms with Gasteiger partial charge in [0.05, 0.1) is 12.5 Å². The summed E-state index contributed by atoms with van der Waals surface area (Å²) in [5, 5.41) is 6.83. The number of carbonyl (C=O) groups excluding carboxylic acids is 2. The van der Waals surface area contributed by atoms with Gasteiger partial charge in [0.2, 0.25) is 0 Å². The minimum atomic E-state index is -0.582. The SMILES string of the molecule is COC(=O)C1(c2ccc(-c3ccc(-c4onc(C)c4NC(=O)O[C@H](C)c4ccccc4)cc3)cc2)CC1. The van der Waals surface area contributed by atoms with E-state index in [1.54, 1.807) is 6.92 Å². The largest absolute Gasteiger partial charge is 0.468 e. The first-order chi connectivity index (χ1) is 17.9. The van der Waals surface area contributed by atoms with Crippen LogP contribution >= 0.6 is 0 Å². The number of anilines is 1. The summed E-state index contributed by atoms with van der Waals surface area (Å²) in [5.41, 5.74) is 5.25. The average Bonchev–Trinajstić information content (AvgIpc) is 3.67. The zero-order valence-corrected chi connectivity index (χ0v) is 21.0. The van der Waals surface area contributed by atoms with E-state index in [-0.39, 0.29) is 5.97 Å². The Kier molecular flexibility index (Phi) is 6.53. The molecule has 1 aliphatic rings. The van der Waals surface area contributed by atoms with Crippen molar-refractivity contribution in [1.29, 1.82) is 0 Å². The minimum absolute atomic E-state index is 0.172. The van der Waals surface area contributed by atoms with Crippen LogP contribution in [0.25, 0.3) is 22.5 Å². The van der Waals surface area contributed by atoms with Crippen molar-refractivity contribution in [2.45, 2.75) is 38.2 Å². The molecule has 37 heavy (non-hydrogen) atoms. The number of amides is 1. The third kappa shape index (κ3) is 4.85. The maximum atomic E-state index is 12.6. The number of methoxy groups -OCH3 is 1. The molecule has 0 unspecified atom stereocenters. The van der Waals surface area contributed by atoms with Crippen molar-refractivity contribution in [3.05, 3.63) is 95.7 Å². The lowest BCUT2D eigenvalue weighted by Gasteiger charge is -2.14. The van der Waals surface area contributed by atoms with E-state index in [0.717, 1.165) is 40.7 Å². The third-order valence-corrected chi connectivity index (χ3v) is 6.89. The lowest BCUT2D eigenvalue weighted by Crippen LogP contribution is -2.21. The number of aromatic nitrogens is 1. The van der Waals surface area contributed by atoms with Crippen LogP contribution in [0.2, 0.25) is 0 Å². The van der Waals surface area contributed by atoms with E-state index in [0.29, 0.717) is 17.1 Å². The minimum Gasteiger partial charge on any atom is -0.468 e. The summed E-state index contributed by atoms with van der Waals surface area (Å²) < 4.78 is 16.1. The monoisotopic (exact) mass is 496 g/mol. The molecular weight excluding hydrogens is 468 g/mol. The maximum absolute atomic E-state index is 12.6. The molecule has 0 aliphatic heterocycles. The summed E-state index contributed by atoms with van der Waals surface area (Å²) in [6.45, 7) is 3.58. The Bertz CT molecular complexity index is 1400. The van der Waals surface area contributed by atoms with E-state index >= 15 is 0 Å². The Hall–Kier alpha value is -4.39. The number of nitrogens with zero attached hydrogens (tertiary/aromatic N) is 1. The Morgan fingerprint density at radius 1 is 0.919 bits per heavy atom. The van der Waals surface area contributed by atoms with E-state index in [2.05, 4.69) is 10.5 Å². The molecule has 3 aromatic carbocycles. The number of benzene rings is 3. The number of aryl methyl sites for hydroxylation is 1. The Morgan fingerprint density at radius 3 is 2.11 bits per heavy atom. The quantitative estimate of drug-likeness (QED) is 0.282. The molecule has 0 saturated heterocycles. The van der Waals surface area contributed by atoms with Crippen molar-refractivity contribution in [2.75, 3.05) is 12.4 Å². The molecular formula is C30H28N2O5. The van der Waals surface area contributed by atoms with Gasteiger partial charge < -0.3 is 14.0 Å². The highest BCUT2D eigenvalue weighted by Crippen LogP contribution is 2.49. The lowest BCUT2D eigenvalue weighted by atomic mass is 9.93. The maximum Gasteiger partial charge on any atom is 0.412 e. The van der Waals surface area contributed by atoms with Crippen molar-refractivity contribution in [2.24, 2.45) is 0 Å².